The Hall–Kier alpha value is -2.66. The number of aryl methyl sites for hydroxylation is 1. The molecule has 0 radical (unpaired) electrons. The zero-order valence-electron chi connectivity index (χ0n) is 15.5. The number of hydrogen-bond donors (Lipinski definition) is 2. The van der Waals surface area contributed by atoms with Crippen LogP contribution in [0.1, 0.15) is 26.3 Å². The summed E-state index contributed by atoms with van der Waals surface area (Å²) < 4.78 is 0. The average Bonchev–Trinajstić information content (AvgIpc) is 3.03. The van der Waals surface area contributed by atoms with Crippen molar-refractivity contribution in [3.8, 4) is 11.3 Å². The van der Waals surface area contributed by atoms with Crippen LogP contribution in [0.25, 0.3) is 11.3 Å². The standard InChI is InChI=1S/C21H23N3OS/c1-14-6-5-7-17(12-14)23-20-24-18(13-26-20)15-8-10-16(11-9-15)22-19(25)21(2,3)4/h5-13H,1-4H3,(H,22,25)(H,23,24). The first-order chi connectivity index (χ1) is 12.3. The summed E-state index contributed by atoms with van der Waals surface area (Å²) in [5, 5.41) is 9.16. The van der Waals surface area contributed by atoms with Crippen LogP contribution in [0.3, 0.4) is 0 Å². The monoisotopic (exact) mass is 365 g/mol. The molecule has 2 N–H and O–H groups in total. The molecule has 26 heavy (non-hydrogen) atoms. The number of carbonyl (C=O) groups is 1. The zero-order chi connectivity index (χ0) is 18.7. The van der Waals surface area contributed by atoms with Gasteiger partial charge in [-0.25, -0.2) is 4.98 Å². The minimum Gasteiger partial charge on any atom is -0.332 e. The van der Waals surface area contributed by atoms with E-state index in [1.165, 1.54) is 5.56 Å². The first-order valence-corrected chi connectivity index (χ1v) is 9.40. The lowest BCUT2D eigenvalue weighted by molar-refractivity contribution is -0.123. The van der Waals surface area contributed by atoms with Gasteiger partial charge in [-0.3, -0.25) is 4.79 Å². The molecule has 0 unspecified atom stereocenters. The smallest absolute Gasteiger partial charge is 0.229 e. The average molecular weight is 366 g/mol. The van der Waals surface area contributed by atoms with Gasteiger partial charge in [-0.1, -0.05) is 45.0 Å². The van der Waals surface area contributed by atoms with Gasteiger partial charge >= 0.3 is 0 Å². The van der Waals surface area contributed by atoms with Crippen molar-refractivity contribution < 1.29 is 4.79 Å². The molecule has 0 bridgehead atoms. The van der Waals surface area contributed by atoms with Crippen LogP contribution in [0.5, 0.6) is 0 Å². The van der Waals surface area contributed by atoms with Crippen LogP contribution in [-0.4, -0.2) is 10.9 Å². The highest BCUT2D eigenvalue weighted by atomic mass is 32.1. The maximum atomic E-state index is 12.1. The van der Waals surface area contributed by atoms with Gasteiger partial charge in [0, 0.05) is 27.7 Å². The van der Waals surface area contributed by atoms with Gasteiger partial charge in [0.2, 0.25) is 5.91 Å². The van der Waals surface area contributed by atoms with E-state index < -0.39 is 5.41 Å². The second-order valence-corrected chi connectivity index (χ2v) is 8.17. The molecular weight excluding hydrogens is 342 g/mol. The third-order valence-electron chi connectivity index (χ3n) is 3.89. The molecule has 0 saturated heterocycles. The van der Waals surface area contributed by atoms with Gasteiger partial charge < -0.3 is 10.6 Å². The maximum Gasteiger partial charge on any atom is 0.229 e. The van der Waals surface area contributed by atoms with Gasteiger partial charge in [0.1, 0.15) is 0 Å². The van der Waals surface area contributed by atoms with Crippen molar-refractivity contribution in [3.63, 3.8) is 0 Å². The van der Waals surface area contributed by atoms with E-state index in [4.69, 9.17) is 0 Å². The van der Waals surface area contributed by atoms with Gasteiger partial charge in [-0.2, -0.15) is 0 Å². The molecule has 0 aliphatic carbocycles. The quantitative estimate of drug-likeness (QED) is 0.610. The van der Waals surface area contributed by atoms with Crippen LogP contribution in [-0.2, 0) is 4.79 Å². The number of amides is 1. The lowest BCUT2D eigenvalue weighted by Gasteiger charge is -2.17. The van der Waals surface area contributed by atoms with Crippen molar-refractivity contribution in [3.05, 3.63) is 59.5 Å². The Bertz CT molecular complexity index is 908. The van der Waals surface area contributed by atoms with Gasteiger partial charge in [0.15, 0.2) is 5.13 Å². The highest BCUT2D eigenvalue weighted by Crippen LogP contribution is 2.28. The van der Waals surface area contributed by atoms with Crippen molar-refractivity contribution >= 4 is 33.8 Å². The van der Waals surface area contributed by atoms with E-state index in [1.807, 2.05) is 62.5 Å². The molecule has 1 aromatic heterocycles. The molecule has 5 heteroatoms. The predicted molar refractivity (Wildman–Crippen MR) is 110 cm³/mol. The van der Waals surface area contributed by atoms with Gasteiger partial charge in [0.25, 0.3) is 0 Å². The third-order valence-corrected chi connectivity index (χ3v) is 4.65. The fourth-order valence-electron chi connectivity index (χ4n) is 2.35. The van der Waals surface area contributed by atoms with E-state index in [-0.39, 0.29) is 5.91 Å². The number of rotatable bonds is 4. The number of anilines is 3. The van der Waals surface area contributed by atoms with Gasteiger partial charge in [-0.05, 0) is 36.8 Å². The van der Waals surface area contributed by atoms with Crippen molar-refractivity contribution in [2.24, 2.45) is 5.41 Å². The molecule has 3 aromatic rings. The number of nitrogens with one attached hydrogen (secondary N) is 2. The fourth-order valence-corrected chi connectivity index (χ4v) is 3.09. The molecule has 3 rings (SSSR count). The van der Waals surface area contributed by atoms with E-state index in [0.29, 0.717) is 0 Å². The predicted octanol–water partition coefficient (Wildman–Crippen LogP) is 5.85. The van der Waals surface area contributed by atoms with Crippen molar-refractivity contribution in [1.29, 1.82) is 0 Å². The second kappa shape index (κ2) is 7.30. The van der Waals surface area contributed by atoms with Crippen molar-refractivity contribution in [2.75, 3.05) is 10.6 Å². The van der Waals surface area contributed by atoms with Crippen molar-refractivity contribution in [1.82, 2.24) is 4.98 Å². The van der Waals surface area contributed by atoms with Crippen LogP contribution in [0.2, 0.25) is 0 Å². The van der Waals surface area contributed by atoms with Crippen LogP contribution >= 0.6 is 11.3 Å². The highest BCUT2D eigenvalue weighted by molar-refractivity contribution is 7.14. The summed E-state index contributed by atoms with van der Waals surface area (Å²) in [5.41, 5.74) is 4.56. The first-order valence-electron chi connectivity index (χ1n) is 8.52. The van der Waals surface area contributed by atoms with E-state index in [0.717, 1.165) is 27.8 Å². The van der Waals surface area contributed by atoms with E-state index >= 15 is 0 Å². The molecule has 0 aliphatic heterocycles. The Morgan fingerprint density at radius 2 is 1.77 bits per heavy atom. The number of hydrogen-bond acceptors (Lipinski definition) is 4. The number of thiazole rings is 1. The molecule has 4 nitrogen and oxygen atoms in total. The summed E-state index contributed by atoms with van der Waals surface area (Å²) in [6, 6.07) is 16.0. The summed E-state index contributed by atoms with van der Waals surface area (Å²) in [6.07, 6.45) is 0. The topological polar surface area (TPSA) is 54.0 Å². The number of nitrogens with zero attached hydrogens (tertiary/aromatic N) is 1. The molecule has 0 atom stereocenters. The molecule has 2 aromatic carbocycles. The first kappa shape index (κ1) is 18.1. The Labute approximate surface area is 158 Å². The van der Waals surface area contributed by atoms with Crippen molar-refractivity contribution in [2.45, 2.75) is 27.7 Å². The van der Waals surface area contributed by atoms with Gasteiger partial charge in [-0.15, -0.1) is 11.3 Å². The molecule has 0 spiro atoms. The summed E-state index contributed by atoms with van der Waals surface area (Å²) in [4.78, 5) is 16.7. The molecule has 1 heterocycles. The Morgan fingerprint density at radius 3 is 2.42 bits per heavy atom. The van der Waals surface area contributed by atoms with Crippen LogP contribution < -0.4 is 10.6 Å². The molecule has 1 amide bonds. The second-order valence-electron chi connectivity index (χ2n) is 7.31. The van der Waals surface area contributed by atoms with Crippen LogP contribution in [0, 0.1) is 12.3 Å². The fraction of sp³-hybridized carbons (Fsp3) is 0.238. The zero-order valence-corrected chi connectivity index (χ0v) is 16.3. The Kier molecular flexibility index (Phi) is 5.09. The third kappa shape index (κ3) is 4.49. The minimum absolute atomic E-state index is 0.00329. The molecule has 0 fully saturated rings. The number of carbonyl (C=O) groups excluding carboxylic acids is 1. The summed E-state index contributed by atoms with van der Waals surface area (Å²) in [6.45, 7) is 7.76. The van der Waals surface area contributed by atoms with E-state index in [2.05, 4.69) is 34.7 Å². The van der Waals surface area contributed by atoms with E-state index in [1.54, 1.807) is 11.3 Å². The SMILES string of the molecule is Cc1cccc(Nc2nc(-c3ccc(NC(=O)C(C)(C)C)cc3)cs2)c1. The maximum absolute atomic E-state index is 12.1. The minimum atomic E-state index is -0.413. The number of benzene rings is 2. The van der Waals surface area contributed by atoms with Crippen LogP contribution in [0.15, 0.2) is 53.9 Å². The van der Waals surface area contributed by atoms with Crippen LogP contribution in [0.4, 0.5) is 16.5 Å². The van der Waals surface area contributed by atoms with Gasteiger partial charge in [0.05, 0.1) is 5.69 Å². The van der Waals surface area contributed by atoms with E-state index in [9.17, 15) is 4.79 Å². The summed E-state index contributed by atoms with van der Waals surface area (Å²) >= 11 is 1.57. The summed E-state index contributed by atoms with van der Waals surface area (Å²) in [5.74, 6) is 0.00329. The lowest BCUT2D eigenvalue weighted by Crippen LogP contribution is -2.27. The number of aromatic nitrogens is 1. The largest absolute Gasteiger partial charge is 0.332 e. The molecule has 0 saturated carbocycles. The Morgan fingerprint density at radius 1 is 1.04 bits per heavy atom. The summed E-state index contributed by atoms with van der Waals surface area (Å²) in [7, 11) is 0. The Balaban J connectivity index is 1.70. The lowest BCUT2D eigenvalue weighted by atomic mass is 9.95. The highest BCUT2D eigenvalue weighted by Gasteiger charge is 2.21. The molecule has 0 aliphatic rings. The molecular formula is C21H23N3OS. The normalized spacial score (nSPS) is 11.2. The molecule has 134 valence electrons.